The van der Waals surface area contributed by atoms with E-state index in [0.29, 0.717) is 37.7 Å². The maximum Gasteiger partial charge on any atom is 0.227 e. The minimum atomic E-state index is 0. The fourth-order valence-corrected chi connectivity index (χ4v) is 3.22. The van der Waals surface area contributed by atoms with Crippen molar-refractivity contribution in [3.63, 3.8) is 0 Å². The van der Waals surface area contributed by atoms with Gasteiger partial charge in [0, 0.05) is 23.6 Å². The summed E-state index contributed by atoms with van der Waals surface area (Å²) >= 11 is 3.54. The third kappa shape index (κ3) is 5.53. The molecule has 1 heterocycles. The molecule has 0 bridgehead atoms. The van der Waals surface area contributed by atoms with Crippen LogP contribution in [-0.2, 0) is 11.2 Å². The van der Waals surface area contributed by atoms with Crippen LogP contribution in [-0.4, -0.2) is 43.2 Å². The largest absolute Gasteiger partial charge is 0.490 e. The number of hydrogen-bond donors (Lipinski definition) is 1. The van der Waals surface area contributed by atoms with Gasteiger partial charge in [0.1, 0.15) is 0 Å². The third-order valence-electron chi connectivity index (χ3n) is 3.86. The predicted molar refractivity (Wildman–Crippen MR) is 101 cm³/mol. The number of nitrogens with two attached hydrogens (primary N) is 1. The Kier molecular flexibility index (Phi) is 8.87. The van der Waals surface area contributed by atoms with Crippen LogP contribution in [0.4, 0.5) is 0 Å². The summed E-state index contributed by atoms with van der Waals surface area (Å²) in [7, 11) is 0. The number of amides is 1. The topological polar surface area (TPSA) is 64.8 Å². The highest BCUT2D eigenvalue weighted by molar-refractivity contribution is 9.10. The molecule has 2 N–H and O–H groups in total. The molecule has 136 valence electrons. The van der Waals surface area contributed by atoms with Crippen molar-refractivity contribution in [2.45, 2.75) is 39.2 Å². The normalized spacial score (nSPS) is 17.2. The first-order valence-corrected chi connectivity index (χ1v) is 8.95. The van der Waals surface area contributed by atoms with Gasteiger partial charge in [-0.1, -0.05) is 15.9 Å². The van der Waals surface area contributed by atoms with Crippen LogP contribution in [0.25, 0.3) is 0 Å². The van der Waals surface area contributed by atoms with Crippen molar-refractivity contribution in [1.29, 1.82) is 0 Å². The summed E-state index contributed by atoms with van der Waals surface area (Å²) in [5, 5.41) is 0. The molecule has 5 nitrogen and oxygen atoms in total. The Morgan fingerprint density at radius 2 is 1.92 bits per heavy atom. The molecule has 0 aromatic heterocycles. The zero-order valence-electron chi connectivity index (χ0n) is 14.2. The first-order chi connectivity index (χ1) is 11.0. The van der Waals surface area contributed by atoms with Gasteiger partial charge in [0.2, 0.25) is 5.91 Å². The SMILES string of the molecule is CCOc1cc(Br)c(CC(=O)N2CCCC(N)C2)cc1OCC.Cl. The fourth-order valence-electron chi connectivity index (χ4n) is 2.76. The second-order valence-corrected chi connectivity index (χ2v) is 6.53. The molecule has 0 saturated carbocycles. The Morgan fingerprint density at radius 1 is 1.29 bits per heavy atom. The molecular weight excluding hydrogens is 396 g/mol. The van der Waals surface area contributed by atoms with Crippen LogP contribution in [0, 0.1) is 0 Å². The summed E-state index contributed by atoms with van der Waals surface area (Å²) in [4.78, 5) is 14.4. The summed E-state index contributed by atoms with van der Waals surface area (Å²) in [5.41, 5.74) is 6.87. The van der Waals surface area contributed by atoms with Crippen LogP contribution in [0.3, 0.4) is 0 Å². The average molecular weight is 422 g/mol. The summed E-state index contributed by atoms with van der Waals surface area (Å²) in [6.07, 6.45) is 2.30. The second kappa shape index (κ2) is 10.1. The van der Waals surface area contributed by atoms with E-state index >= 15 is 0 Å². The molecule has 1 fully saturated rings. The molecule has 1 unspecified atom stereocenters. The van der Waals surface area contributed by atoms with Gasteiger partial charge < -0.3 is 20.1 Å². The standard InChI is InChI=1S/C17H25BrN2O3.ClH/c1-3-22-15-8-12(14(18)10-16(15)23-4-2)9-17(21)20-7-5-6-13(19)11-20;/h8,10,13H,3-7,9,11,19H2,1-2H3;1H. The van der Waals surface area contributed by atoms with E-state index in [0.717, 1.165) is 29.4 Å². The minimum Gasteiger partial charge on any atom is -0.490 e. The number of hydrogen-bond acceptors (Lipinski definition) is 4. The molecule has 1 aromatic carbocycles. The highest BCUT2D eigenvalue weighted by Gasteiger charge is 2.22. The van der Waals surface area contributed by atoms with E-state index in [4.69, 9.17) is 15.2 Å². The van der Waals surface area contributed by atoms with Crippen molar-refractivity contribution in [3.8, 4) is 11.5 Å². The Hall–Kier alpha value is -0.980. The number of halogens is 2. The van der Waals surface area contributed by atoms with E-state index in [-0.39, 0.29) is 24.4 Å². The molecule has 0 radical (unpaired) electrons. The molecule has 1 aromatic rings. The molecule has 7 heteroatoms. The van der Waals surface area contributed by atoms with Crippen LogP contribution < -0.4 is 15.2 Å². The molecule has 0 aliphatic carbocycles. The maximum absolute atomic E-state index is 12.5. The molecule has 1 amide bonds. The van der Waals surface area contributed by atoms with Crippen LogP contribution >= 0.6 is 28.3 Å². The molecule has 1 aliphatic heterocycles. The summed E-state index contributed by atoms with van der Waals surface area (Å²) in [6.45, 7) is 6.41. The Bertz CT molecular complexity index is 557. The zero-order valence-corrected chi connectivity index (χ0v) is 16.6. The highest BCUT2D eigenvalue weighted by Crippen LogP contribution is 2.34. The van der Waals surface area contributed by atoms with Gasteiger partial charge in [0.15, 0.2) is 11.5 Å². The van der Waals surface area contributed by atoms with Crippen LogP contribution in [0.5, 0.6) is 11.5 Å². The number of nitrogens with zero attached hydrogens (tertiary/aromatic N) is 1. The monoisotopic (exact) mass is 420 g/mol. The number of piperidine rings is 1. The zero-order chi connectivity index (χ0) is 16.8. The van der Waals surface area contributed by atoms with Gasteiger partial charge in [0.25, 0.3) is 0 Å². The number of likely N-dealkylation sites (tertiary alicyclic amines) is 1. The lowest BCUT2D eigenvalue weighted by Gasteiger charge is -2.31. The van der Waals surface area contributed by atoms with Crippen molar-refractivity contribution in [1.82, 2.24) is 4.90 Å². The third-order valence-corrected chi connectivity index (χ3v) is 4.60. The number of rotatable bonds is 6. The van der Waals surface area contributed by atoms with E-state index in [2.05, 4.69) is 15.9 Å². The summed E-state index contributed by atoms with van der Waals surface area (Å²) in [6, 6.07) is 3.86. The summed E-state index contributed by atoms with van der Waals surface area (Å²) in [5.74, 6) is 1.47. The lowest BCUT2D eigenvalue weighted by molar-refractivity contribution is -0.131. The minimum absolute atomic E-state index is 0. The van der Waals surface area contributed by atoms with Gasteiger partial charge in [0.05, 0.1) is 19.6 Å². The van der Waals surface area contributed by atoms with Gasteiger partial charge in [-0.3, -0.25) is 4.79 Å². The second-order valence-electron chi connectivity index (χ2n) is 5.68. The van der Waals surface area contributed by atoms with Crippen molar-refractivity contribution >= 4 is 34.2 Å². The van der Waals surface area contributed by atoms with Crippen molar-refractivity contribution in [2.75, 3.05) is 26.3 Å². The highest BCUT2D eigenvalue weighted by atomic mass is 79.9. The first kappa shape index (κ1) is 21.1. The lowest BCUT2D eigenvalue weighted by Crippen LogP contribution is -2.46. The van der Waals surface area contributed by atoms with E-state index in [1.54, 1.807) is 0 Å². The average Bonchev–Trinajstić information content (AvgIpc) is 2.52. The number of ether oxygens (including phenoxy) is 2. The van der Waals surface area contributed by atoms with Crippen LogP contribution in [0.1, 0.15) is 32.3 Å². The van der Waals surface area contributed by atoms with E-state index in [1.807, 2.05) is 30.9 Å². The fraction of sp³-hybridized carbons (Fsp3) is 0.588. The number of benzene rings is 1. The lowest BCUT2D eigenvalue weighted by atomic mass is 10.0. The van der Waals surface area contributed by atoms with Gasteiger partial charge in [-0.2, -0.15) is 0 Å². The smallest absolute Gasteiger partial charge is 0.227 e. The maximum atomic E-state index is 12.5. The van der Waals surface area contributed by atoms with Crippen LogP contribution in [0.15, 0.2) is 16.6 Å². The molecule has 1 atom stereocenters. The molecule has 1 aliphatic rings. The molecule has 24 heavy (non-hydrogen) atoms. The van der Waals surface area contributed by atoms with E-state index < -0.39 is 0 Å². The summed E-state index contributed by atoms with van der Waals surface area (Å²) < 4.78 is 12.1. The van der Waals surface area contributed by atoms with Crippen LogP contribution in [0.2, 0.25) is 0 Å². The predicted octanol–water partition coefficient (Wildman–Crippen LogP) is 3.16. The first-order valence-electron chi connectivity index (χ1n) is 8.16. The van der Waals surface area contributed by atoms with Crippen molar-refractivity contribution in [3.05, 3.63) is 22.2 Å². The molecule has 0 spiro atoms. The Labute approximate surface area is 158 Å². The van der Waals surface area contributed by atoms with Gasteiger partial charge in [-0.15, -0.1) is 12.4 Å². The molecular formula is C17H26BrClN2O3. The van der Waals surface area contributed by atoms with E-state index in [1.165, 1.54) is 0 Å². The number of carbonyl (C=O) groups is 1. The molecule has 1 saturated heterocycles. The molecule has 2 rings (SSSR count). The van der Waals surface area contributed by atoms with Gasteiger partial charge in [-0.25, -0.2) is 0 Å². The Balaban J connectivity index is 0.00000288. The van der Waals surface area contributed by atoms with E-state index in [9.17, 15) is 4.79 Å². The van der Waals surface area contributed by atoms with Gasteiger partial charge >= 0.3 is 0 Å². The quantitative estimate of drug-likeness (QED) is 0.766. The van der Waals surface area contributed by atoms with Gasteiger partial charge in [-0.05, 0) is 44.4 Å². The van der Waals surface area contributed by atoms with Crippen molar-refractivity contribution in [2.24, 2.45) is 5.73 Å². The van der Waals surface area contributed by atoms with Crippen molar-refractivity contribution < 1.29 is 14.3 Å². The Morgan fingerprint density at radius 3 is 2.50 bits per heavy atom. The number of carbonyl (C=O) groups excluding carboxylic acids is 1.